The molecule has 0 atom stereocenters. The molecule has 0 unspecified atom stereocenters. The third-order valence-electron chi connectivity index (χ3n) is 5.39. The molecule has 0 fully saturated rings. The molecule has 0 radical (unpaired) electrons. The third kappa shape index (κ3) is 3.40. The zero-order chi connectivity index (χ0) is 19.7. The molecule has 0 saturated heterocycles. The minimum absolute atomic E-state index is 0.221. The maximum atomic E-state index is 13.2. The Labute approximate surface area is 168 Å². The number of benzene rings is 1. The van der Waals surface area contributed by atoms with E-state index < -0.39 is 0 Å². The first-order valence-electron chi connectivity index (χ1n) is 9.57. The number of nitrogens with one attached hydrogen (secondary N) is 1. The summed E-state index contributed by atoms with van der Waals surface area (Å²) in [6.45, 7) is 4.26. The van der Waals surface area contributed by atoms with E-state index >= 15 is 0 Å². The van der Waals surface area contributed by atoms with Crippen LogP contribution in [0.2, 0.25) is 0 Å². The smallest absolute Gasteiger partial charge is 0.268 e. The van der Waals surface area contributed by atoms with Gasteiger partial charge in [0.05, 0.1) is 16.9 Å². The van der Waals surface area contributed by atoms with Crippen molar-refractivity contribution in [1.29, 1.82) is 0 Å². The quantitative estimate of drug-likeness (QED) is 0.723. The number of aryl methyl sites for hydroxylation is 3. The number of hydrogen-bond donors (Lipinski definition) is 1. The number of amides is 1. The molecule has 1 aliphatic rings. The van der Waals surface area contributed by atoms with Crippen molar-refractivity contribution in [2.75, 3.05) is 6.54 Å². The van der Waals surface area contributed by atoms with Gasteiger partial charge in [-0.05, 0) is 61.9 Å². The summed E-state index contributed by atoms with van der Waals surface area (Å²) in [5.74, 6) is -0.313. The zero-order valence-corrected chi connectivity index (χ0v) is 16.9. The molecule has 0 aliphatic heterocycles. The lowest BCUT2D eigenvalue weighted by atomic mass is 10.1. The molecule has 0 bridgehead atoms. The van der Waals surface area contributed by atoms with Crippen LogP contribution in [-0.2, 0) is 19.3 Å². The molecule has 5 nitrogen and oxygen atoms in total. The Balaban J connectivity index is 1.61. The summed E-state index contributed by atoms with van der Waals surface area (Å²) in [4.78, 5) is 31.3. The van der Waals surface area contributed by atoms with Gasteiger partial charge in [0, 0.05) is 24.0 Å². The summed E-state index contributed by atoms with van der Waals surface area (Å²) < 4.78 is 1.62. The Morgan fingerprint density at radius 1 is 1.25 bits per heavy atom. The maximum absolute atomic E-state index is 13.2. The van der Waals surface area contributed by atoms with Crippen LogP contribution in [0.3, 0.4) is 0 Å². The van der Waals surface area contributed by atoms with Crippen molar-refractivity contribution in [3.05, 3.63) is 79.2 Å². The third-order valence-corrected chi connectivity index (χ3v) is 6.39. The highest BCUT2D eigenvalue weighted by molar-refractivity contribution is 7.09. The largest absolute Gasteiger partial charge is 0.351 e. The lowest BCUT2D eigenvalue weighted by molar-refractivity contribution is 0.0951. The SMILES string of the molecule is Cc1ccn(-c2cccc3c2CCC3)c(=O)c1C(=O)NCCc1scnc1C. The highest BCUT2D eigenvalue weighted by Gasteiger charge is 2.20. The second-order valence-electron chi connectivity index (χ2n) is 7.18. The number of rotatable bonds is 5. The predicted octanol–water partition coefficient (Wildman–Crippen LogP) is 3.37. The van der Waals surface area contributed by atoms with Crippen molar-refractivity contribution < 1.29 is 4.79 Å². The Hall–Kier alpha value is -2.73. The summed E-state index contributed by atoms with van der Waals surface area (Å²) in [6.07, 6.45) is 5.63. The van der Waals surface area contributed by atoms with E-state index in [-0.39, 0.29) is 17.0 Å². The standard InChI is InChI=1S/C22H23N3O2S/c1-14-10-12-25(18-8-4-6-16-5-3-7-17(16)18)22(27)20(14)21(26)23-11-9-19-15(2)24-13-28-19/h4,6,8,10,12-13H,3,5,7,9,11H2,1-2H3,(H,23,26). The van der Waals surface area contributed by atoms with Crippen LogP contribution in [0.4, 0.5) is 0 Å². The number of hydrogen-bond acceptors (Lipinski definition) is 4. The molecule has 4 rings (SSSR count). The van der Waals surface area contributed by atoms with Gasteiger partial charge in [0.2, 0.25) is 0 Å². The first-order chi connectivity index (χ1) is 13.6. The number of aromatic nitrogens is 2. The zero-order valence-electron chi connectivity index (χ0n) is 16.1. The molecule has 3 aromatic rings. The fraction of sp³-hybridized carbons (Fsp3) is 0.318. The Bertz CT molecular complexity index is 1100. The molecule has 1 aliphatic carbocycles. The van der Waals surface area contributed by atoms with Crippen LogP contribution in [0.5, 0.6) is 0 Å². The Kier molecular flexibility index (Phi) is 5.13. The topological polar surface area (TPSA) is 64.0 Å². The maximum Gasteiger partial charge on any atom is 0.268 e. The molecule has 0 spiro atoms. The average Bonchev–Trinajstić information content (AvgIpc) is 3.31. The lowest BCUT2D eigenvalue weighted by Gasteiger charge is -2.14. The summed E-state index contributed by atoms with van der Waals surface area (Å²) in [5.41, 5.74) is 6.89. The molecule has 1 N–H and O–H groups in total. The van der Waals surface area contributed by atoms with Gasteiger partial charge in [-0.1, -0.05) is 12.1 Å². The van der Waals surface area contributed by atoms with Crippen LogP contribution >= 0.6 is 11.3 Å². The summed E-state index contributed by atoms with van der Waals surface area (Å²) in [7, 11) is 0. The fourth-order valence-corrected chi connectivity index (χ4v) is 4.64. The van der Waals surface area contributed by atoms with Crippen molar-refractivity contribution >= 4 is 17.2 Å². The number of nitrogens with zero attached hydrogens (tertiary/aromatic N) is 2. The first kappa shape index (κ1) is 18.6. The van der Waals surface area contributed by atoms with Crippen LogP contribution in [0.25, 0.3) is 5.69 Å². The van der Waals surface area contributed by atoms with Gasteiger partial charge in [-0.25, -0.2) is 4.98 Å². The number of thiazole rings is 1. The molecule has 0 saturated carbocycles. The van der Waals surface area contributed by atoms with Crippen molar-refractivity contribution in [1.82, 2.24) is 14.9 Å². The predicted molar refractivity (Wildman–Crippen MR) is 112 cm³/mol. The summed E-state index contributed by atoms with van der Waals surface area (Å²) in [6, 6.07) is 7.93. The highest BCUT2D eigenvalue weighted by atomic mass is 32.1. The monoisotopic (exact) mass is 393 g/mol. The van der Waals surface area contributed by atoms with Crippen LogP contribution < -0.4 is 10.9 Å². The average molecular weight is 394 g/mol. The first-order valence-corrected chi connectivity index (χ1v) is 10.4. The second-order valence-corrected chi connectivity index (χ2v) is 8.12. The number of carbonyl (C=O) groups is 1. The van der Waals surface area contributed by atoms with Gasteiger partial charge in [-0.2, -0.15) is 0 Å². The summed E-state index contributed by atoms with van der Waals surface area (Å²) >= 11 is 1.59. The highest BCUT2D eigenvalue weighted by Crippen LogP contribution is 2.27. The van der Waals surface area contributed by atoms with E-state index in [0.29, 0.717) is 18.5 Å². The lowest BCUT2D eigenvalue weighted by Crippen LogP contribution is -2.34. The normalized spacial score (nSPS) is 12.8. The number of fused-ring (bicyclic) bond motifs is 1. The van der Waals surface area contributed by atoms with E-state index in [9.17, 15) is 9.59 Å². The molecule has 2 heterocycles. The van der Waals surface area contributed by atoms with Crippen LogP contribution in [0.15, 0.2) is 40.8 Å². The van der Waals surface area contributed by atoms with E-state index in [0.717, 1.165) is 35.5 Å². The molecule has 2 aromatic heterocycles. The Morgan fingerprint density at radius 2 is 2.11 bits per heavy atom. The van der Waals surface area contributed by atoms with E-state index in [2.05, 4.69) is 16.4 Å². The molecule has 144 valence electrons. The van der Waals surface area contributed by atoms with E-state index in [1.165, 1.54) is 11.1 Å². The van der Waals surface area contributed by atoms with Crippen LogP contribution in [0.1, 0.15) is 44.0 Å². The molecule has 1 amide bonds. The van der Waals surface area contributed by atoms with Gasteiger partial charge in [0.15, 0.2) is 0 Å². The van der Waals surface area contributed by atoms with E-state index in [1.807, 2.05) is 37.6 Å². The molecular formula is C22H23N3O2S. The van der Waals surface area contributed by atoms with Gasteiger partial charge < -0.3 is 5.32 Å². The van der Waals surface area contributed by atoms with Crippen molar-refractivity contribution in [2.24, 2.45) is 0 Å². The van der Waals surface area contributed by atoms with E-state index in [1.54, 1.807) is 22.1 Å². The number of pyridine rings is 1. The van der Waals surface area contributed by atoms with Gasteiger partial charge in [0.25, 0.3) is 11.5 Å². The van der Waals surface area contributed by atoms with Gasteiger partial charge in [-0.3, -0.25) is 14.2 Å². The van der Waals surface area contributed by atoms with Crippen LogP contribution in [-0.4, -0.2) is 22.0 Å². The van der Waals surface area contributed by atoms with Gasteiger partial charge >= 0.3 is 0 Å². The minimum Gasteiger partial charge on any atom is -0.351 e. The number of carbonyl (C=O) groups excluding carboxylic acids is 1. The molecule has 6 heteroatoms. The minimum atomic E-state index is -0.313. The van der Waals surface area contributed by atoms with Crippen molar-refractivity contribution in [3.63, 3.8) is 0 Å². The van der Waals surface area contributed by atoms with Gasteiger partial charge in [-0.15, -0.1) is 11.3 Å². The molecule has 1 aromatic carbocycles. The van der Waals surface area contributed by atoms with Crippen molar-refractivity contribution in [2.45, 2.75) is 39.5 Å². The van der Waals surface area contributed by atoms with Crippen molar-refractivity contribution in [3.8, 4) is 5.69 Å². The Morgan fingerprint density at radius 3 is 2.89 bits per heavy atom. The second kappa shape index (κ2) is 7.72. The van der Waals surface area contributed by atoms with Gasteiger partial charge in [0.1, 0.15) is 5.56 Å². The fourth-order valence-electron chi connectivity index (χ4n) is 3.86. The molecular weight excluding hydrogens is 370 g/mol. The van der Waals surface area contributed by atoms with Crippen LogP contribution in [0, 0.1) is 13.8 Å². The van der Waals surface area contributed by atoms with E-state index in [4.69, 9.17) is 0 Å². The summed E-state index contributed by atoms with van der Waals surface area (Å²) in [5, 5.41) is 2.90. The molecule has 28 heavy (non-hydrogen) atoms.